The number of non-ortho nitro benzene ring substituents is 1. The van der Waals surface area contributed by atoms with Crippen LogP contribution in [0.4, 0.5) is 5.69 Å². The van der Waals surface area contributed by atoms with Crippen molar-refractivity contribution >= 4 is 28.8 Å². The number of carboxylic acid groups (broad SMARTS) is 1. The number of carboxylic acids is 1. The lowest BCUT2D eigenvalue weighted by atomic mass is 9.96. The number of carbonyl (C=O) groups is 1. The number of nitrogens with zero attached hydrogens (tertiary/aromatic N) is 4. The van der Waals surface area contributed by atoms with Gasteiger partial charge in [0.1, 0.15) is 11.5 Å². The largest absolute Gasteiger partial charge is 0.494 e. The highest BCUT2D eigenvalue weighted by Crippen LogP contribution is 2.34. The topological polar surface area (TPSA) is 146 Å². The minimum atomic E-state index is -1.23. The third-order valence-corrected chi connectivity index (χ3v) is 6.44. The van der Waals surface area contributed by atoms with Crippen molar-refractivity contribution in [2.45, 2.75) is 46.6 Å². The molecule has 0 aliphatic rings. The molecular formula is C30H30N4O7. The molecule has 212 valence electrons. The summed E-state index contributed by atoms with van der Waals surface area (Å²) < 4.78 is 12.5. The van der Waals surface area contributed by atoms with E-state index in [9.17, 15) is 24.8 Å². The van der Waals surface area contributed by atoms with Crippen molar-refractivity contribution < 1.29 is 24.3 Å². The average Bonchev–Trinajstić information content (AvgIpc) is 2.93. The van der Waals surface area contributed by atoms with Gasteiger partial charge in [-0.2, -0.15) is 9.78 Å². The maximum atomic E-state index is 13.7. The zero-order valence-electron chi connectivity index (χ0n) is 23.3. The zero-order chi connectivity index (χ0) is 29.8. The molecular weight excluding hydrogens is 528 g/mol. The first-order chi connectivity index (χ1) is 19.5. The van der Waals surface area contributed by atoms with Crippen LogP contribution in [0.2, 0.25) is 0 Å². The molecule has 1 N–H and O–H groups in total. The summed E-state index contributed by atoms with van der Waals surface area (Å²) in [6.07, 6.45) is -0.00362. The maximum absolute atomic E-state index is 13.7. The molecule has 0 aliphatic heterocycles. The average molecular weight is 559 g/mol. The molecule has 0 spiro atoms. The van der Waals surface area contributed by atoms with Crippen molar-refractivity contribution in [1.82, 2.24) is 9.66 Å². The van der Waals surface area contributed by atoms with E-state index >= 15 is 0 Å². The summed E-state index contributed by atoms with van der Waals surface area (Å²) in [7, 11) is 0. The Bertz CT molecular complexity index is 1730. The van der Waals surface area contributed by atoms with Crippen LogP contribution in [-0.4, -0.2) is 44.6 Å². The summed E-state index contributed by atoms with van der Waals surface area (Å²) in [5.74, 6) is -0.0414. The number of fused-ring (bicyclic) bond motifs is 1. The Morgan fingerprint density at radius 3 is 2.54 bits per heavy atom. The molecule has 1 atom stereocenters. The number of benzene rings is 3. The summed E-state index contributed by atoms with van der Waals surface area (Å²) >= 11 is 0. The van der Waals surface area contributed by atoms with Crippen LogP contribution in [0.25, 0.3) is 22.3 Å². The molecule has 0 radical (unpaired) electrons. The summed E-state index contributed by atoms with van der Waals surface area (Å²) in [6, 6.07) is 14.4. The van der Waals surface area contributed by atoms with Gasteiger partial charge in [0.2, 0.25) is 0 Å². The Morgan fingerprint density at radius 2 is 1.88 bits per heavy atom. The zero-order valence-corrected chi connectivity index (χ0v) is 23.3. The first-order valence-electron chi connectivity index (χ1n) is 13.0. The highest BCUT2D eigenvalue weighted by atomic mass is 16.6. The quantitative estimate of drug-likeness (QED) is 0.152. The van der Waals surface area contributed by atoms with E-state index in [-0.39, 0.29) is 28.7 Å². The number of nitro benzene ring substituents is 1. The molecule has 0 saturated heterocycles. The second kappa shape index (κ2) is 12.0. The van der Waals surface area contributed by atoms with Crippen LogP contribution >= 0.6 is 0 Å². The second-order valence-corrected chi connectivity index (χ2v) is 9.68. The van der Waals surface area contributed by atoms with E-state index in [4.69, 9.17) is 14.5 Å². The van der Waals surface area contributed by atoms with E-state index < -0.39 is 22.6 Å². The summed E-state index contributed by atoms with van der Waals surface area (Å²) in [6.45, 7) is 9.71. The van der Waals surface area contributed by atoms with Crippen LogP contribution in [0.5, 0.6) is 11.5 Å². The number of ether oxygens (including phenoxy) is 2. The summed E-state index contributed by atoms with van der Waals surface area (Å²) in [5, 5.41) is 25.5. The van der Waals surface area contributed by atoms with Crippen LogP contribution in [0.3, 0.4) is 0 Å². The number of aliphatic carboxylic acids is 1. The van der Waals surface area contributed by atoms with E-state index in [0.29, 0.717) is 23.1 Å². The molecule has 0 fully saturated rings. The molecule has 3 aromatic carbocycles. The van der Waals surface area contributed by atoms with E-state index in [0.717, 1.165) is 21.6 Å². The van der Waals surface area contributed by atoms with E-state index in [2.05, 4.69) is 5.10 Å². The predicted molar refractivity (Wildman–Crippen MR) is 155 cm³/mol. The SMILES string of the molecule is CCOc1cc(C)c(-c2nc3ccccc3c(=O)n2N=Cc2cc([N+](=O)[O-])ccc2O[C@@H](C)C(=O)O)cc1C(C)C. The van der Waals surface area contributed by atoms with Crippen molar-refractivity contribution in [1.29, 1.82) is 0 Å². The third-order valence-electron chi connectivity index (χ3n) is 6.44. The number of para-hydroxylation sites is 1. The first-order valence-corrected chi connectivity index (χ1v) is 13.0. The number of aromatic nitrogens is 2. The van der Waals surface area contributed by atoms with E-state index in [1.54, 1.807) is 24.3 Å². The second-order valence-electron chi connectivity index (χ2n) is 9.68. The van der Waals surface area contributed by atoms with Gasteiger partial charge in [-0.1, -0.05) is 26.0 Å². The number of aryl methyl sites for hydroxylation is 1. The van der Waals surface area contributed by atoms with Crippen molar-refractivity contribution in [3.8, 4) is 22.9 Å². The molecule has 41 heavy (non-hydrogen) atoms. The fourth-order valence-corrected chi connectivity index (χ4v) is 4.29. The molecule has 0 amide bonds. The number of nitro groups is 1. The highest BCUT2D eigenvalue weighted by Gasteiger charge is 2.20. The standard InChI is InChI=1S/C30H30N4O7/c1-6-40-27-13-18(4)24(15-23(27)17(2)3)28-32-25-10-8-7-9-22(25)29(35)33(28)31-16-20-14-21(34(38)39)11-12-26(20)41-19(5)30(36)37/h7-17,19H,6H2,1-5H3,(H,36,37)/t19-/m0/s1. The molecule has 11 heteroatoms. The highest BCUT2D eigenvalue weighted by molar-refractivity contribution is 5.86. The Labute approximate surface area is 235 Å². The summed E-state index contributed by atoms with van der Waals surface area (Å²) in [5.41, 5.74) is 2.29. The Kier molecular flexibility index (Phi) is 8.46. The van der Waals surface area contributed by atoms with Crippen molar-refractivity contribution in [3.63, 3.8) is 0 Å². The fraction of sp³-hybridized carbons (Fsp3) is 0.267. The smallest absolute Gasteiger partial charge is 0.344 e. The minimum absolute atomic E-state index is 0.0527. The van der Waals surface area contributed by atoms with E-state index in [1.807, 2.05) is 39.8 Å². The van der Waals surface area contributed by atoms with Crippen LogP contribution in [-0.2, 0) is 4.79 Å². The van der Waals surface area contributed by atoms with E-state index in [1.165, 1.54) is 31.3 Å². The molecule has 4 aromatic rings. The van der Waals surface area contributed by atoms with Crippen molar-refractivity contribution in [2.75, 3.05) is 6.61 Å². The first kappa shape index (κ1) is 28.9. The Hall–Kier alpha value is -5.06. The van der Waals surface area contributed by atoms with Gasteiger partial charge in [0.15, 0.2) is 11.9 Å². The van der Waals surface area contributed by atoms with Gasteiger partial charge >= 0.3 is 5.97 Å². The van der Waals surface area contributed by atoms with Gasteiger partial charge in [0.25, 0.3) is 11.2 Å². The molecule has 1 aromatic heterocycles. The maximum Gasteiger partial charge on any atom is 0.344 e. The molecule has 0 aliphatic carbocycles. The van der Waals surface area contributed by atoms with Crippen LogP contribution in [0.1, 0.15) is 50.3 Å². The number of hydrogen-bond acceptors (Lipinski definition) is 8. The van der Waals surface area contributed by atoms with Crippen LogP contribution < -0.4 is 15.0 Å². The van der Waals surface area contributed by atoms with Gasteiger partial charge < -0.3 is 14.6 Å². The predicted octanol–water partition coefficient (Wildman–Crippen LogP) is 5.54. The lowest BCUT2D eigenvalue weighted by molar-refractivity contribution is -0.384. The molecule has 0 saturated carbocycles. The molecule has 0 bridgehead atoms. The molecule has 0 unspecified atom stereocenters. The monoisotopic (exact) mass is 558 g/mol. The minimum Gasteiger partial charge on any atom is -0.494 e. The van der Waals surface area contributed by atoms with Gasteiger partial charge in [0.05, 0.1) is 28.6 Å². The number of rotatable bonds is 10. The third kappa shape index (κ3) is 6.08. The molecule has 1 heterocycles. The van der Waals surface area contributed by atoms with Crippen molar-refractivity contribution in [2.24, 2.45) is 5.10 Å². The number of hydrogen-bond donors (Lipinski definition) is 1. The van der Waals surface area contributed by atoms with Crippen molar-refractivity contribution in [3.05, 3.63) is 91.8 Å². The molecule has 4 rings (SSSR count). The van der Waals surface area contributed by atoms with Gasteiger partial charge in [-0.15, -0.1) is 0 Å². The normalized spacial score (nSPS) is 12.1. The van der Waals surface area contributed by atoms with Crippen LogP contribution in [0, 0.1) is 17.0 Å². The van der Waals surface area contributed by atoms with Gasteiger partial charge in [-0.3, -0.25) is 14.9 Å². The Morgan fingerprint density at radius 1 is 1.15 bits per heavy atom. The summed E-state index contributed by atoms with van der Waals surface area (Å²) in [4.78, 5) is 40.8. The van der Waals surface area contributed by atoms with Gasteiger partial charge in [0, 0.05) is 23.3 Å². The Balaban J connectivity index is 1.97. The lowest BCUT2D eigenvalue weighted by Gasteiger charge is -2.18. The van der Waals surface area contributed by atoms with Gasteiger partial charge in [-0.25, -0.2) is 9.78 Å². The van der Waals surface area contributed by atoms with Gasteiger partial charge in [-0.05, 0) is 68.1 Å². The fourth-order valence-electron chi connectivity index (χ4n) is 4.29. The lowest BCUT2D eigenvalue weighted by Crippen LogP contribution is -2.23. The molecule has 11 nitrogen and oxygen atoms in total. The van der Waals surface area contributed by atoms with Crippen LogP contribution in [0.15, 0.2) is 64.5 Å².